The molecule has 0 spiro atoms. The van der Waals surface area contributed by atoms with Crippen molar-refractivity contribution in [1.82, 2.24) is 4.98 Å². The van der Waals surface area contributed by atoms with Crippen LogP contribution in [0.5, 0.6) is 0 Å². The highest BCUT2D eigenvalue weighted by atomic mass is 35.5. The van der Waals surface area contributed by atoms with Crippen LogP contribution in [0.3, 0.4) is 0 Å². The Hall–Kier alpha value is -2.07. The molecule has 0 bridgehead atoms. The smallest absolute Gasteiger partial charge is 0.193 e. The van der Waals surface area contributed by atoms with Crippen LogP contribution in [0.2, 0.25) is 5.15 Å². The van der Waals surface area contributed by atoms with Crippen molar-refractivity contribution in [1.29, 1.82) is 0 Å². The maximum Gasteiger partial charge on any atom is 0.193 e. The lowest BCUT2D eigenvalue weighted by Gasteiger charge is -2.08. The third-order valence-electron chi connectivity index (χ3n) is 3.59. The molecule has 1 aromatic carbocycles. The molecule has 4 nitrogen and oxygen atoms in total. The minimum atomic E-state index is 0.405. The zero-order valence-corrected chi connectivity index (χ0v) is 12.4. The van der Waals surface area contributed by atoms with Crippen LogP contribution in [0, 0.1) is 0 Å². The van der Waals surface area contributed by atoms with E-state index in [0.29, 0.717) is 17.7 Å². The predicted molar refractivity (Wildman–Crippen MR) is 86.7 cm³/mol. The van der Waals surface area contributed by atoms with Gasteiger partial charge in [-0.05, 0) is 54.2 Å². The minimum absolute atomic E-state index is 0.405. The van der Waals surface area contributed by atoms with Gasteiger partial charge in [-0.1, -0.05) is 23.7 Å². The van der Waals surface area contributed by atoms with Gasteiger partial charge in [-0.2, -0.15) is 0 Å². The van der Waals surface area contributed by atoms with E-state index in [1.165, 1.54) is 24.0 Å². The molecule has 1 aliphatic rings. The fourth-order valence-electron chi connectivity index (χ4n) is 2.51. The van der Waals surface area contributed by atoms with E-state index in [-0.39, 0.29) is 0 Å². The Bertz CT molecular complexity index is 664. The molecule has 3 rings (SSSR count). The first-order valence-corrected chi connectivity index (χ1v) is 7.38. The average Bonchev–Trinajstić information content (AvgIpc) is 2.94. The second kappa shape index (κ2) is 6.14. The number of aromatic nitrogens is 1. The molecule has 21 heavy (non-hydrogen) atoms. The lowest BCUT2D eigenvalue weighted by Crippen LogP contribution is -2.22. The second-order valence-corrected chi connectivity index (χ2v) is 5.54. The van der Waals surface area contributed by atoms with Crippen LogP contribution in [-0.2, 0) is 19.4 Å². The number of fused-ring (bicyclic) bond motifs is 1. The Labute approximate surface area is 129 Å². The van der Waals surface area contributed by atoms with Crippen LogP contribution in [0.4, 0.5) is 5.69 Å². The highest BCUT2D eigenvalue weighted by Crippen LogP contribution is 2.24. The van der Waals surface area contributed by atoms with Crippen LogP contribution in [0.25, 0.3) is 0 Å². The number of halogens is 1. The fraction of sp³-hybridized carbons (Fsp3) is 0.250. The summed E-state index contributed by atoms with van der Waals surface area (Å²) in [6.45, 7) is 0.480. The van der Waals surface area contributed by atoms with Crippen LogP contribution in [-0.4, -0.2) is 10.9 Å². The van der Waals surface area contributed by atoms with Crippen molar-refractivity contribution < 1.29 is 0 Å². The maximum atomic E-state index is 5.92. The van der Waals surface area contributed by atoms with Gasteiger partial charge in [0.25, 0.3) is 0 Å². The molecule has 0 amide bonds. The number of nitrogens with two attached hydrogens (primary N) is 1. The van der Waals surface area contributed by atoms with Gasteiger partial charge in [-0.25, -0.2) is 9.98 Å². The van der Waals surface area contributed by atoms with Crippen molar-refractivity contribution in [2.24, 2.45) is 10.7 Å². The summed E-state index contributed by atoms with van der Waals surface area (Å²) in [5.74, 6) is 0.405. The number of anilines is 1. The lowest BCUT2D eigenvalue weighted by molar-refractivity contribution is 0.912. The SMILES string of the molecule is NC(=NCc1ccc(Cl)nc1)Nc1ccc2c(c1)CCC2. The first-order chi connectivity index (χ1) is 10.2. The van der Waals surface area contributed by atoms with E-state index in [2.05, 4.69) is 33.5 Å². The number of pyridine rings is 1. The molecular formula is C16H17ClN4. The fourth-order valence-corrected chi connectivity index (χ4v) is 2.63. The van der Waals surface area contributed by atoms with Gasteiger partial charge >= 0.3 is 0 Å². The van der Waals surface area contributed by atoms with E-state index in [4.69, 9.17) is 17.3 Å². The number of hydrogen-bond donors (Lipinski definition) is 2. The normalized spacial score (nSPS) is 14.0. The van der Waals surface area contributed by atoms with Crippen molar-refractivity contribution in [3.63, 3.8) is 0 Å². The average molecular weight is 301 g/mol. The number of hydrogen-bond acceptors (Lipinski definition) is 2. The molecule has 0 atom stereocenters. The summed E-state index contributed by atoms with van der Waals surface area (Å²) in [4.78, 5) is 8.33. The molecule has 0 unspecified atom stereocenters. The highest BCUT2D eigenvalue weighted by Gasteiger charge is 2.10. The van der Waals surface area contributed by atoms with Gasteiger partial charge < -0.3 is 11.1 Å². The molecule has 1 aliphatic carbocycles. The number of rotatable bonds is 3. The summed E-state index contributed by atoms with van der Waals surface area (Å²) < 4.78 is 0. The molecule has 108 valence electrons. The molecule has 0 saturated carbocycles. The maximum absolute atomic E-state index is 5.92. The van der Waals surface area contributed by atoms with Gasteiger partial charge in [0, 0.05) is 11.9 Å². The van der Waals surface area contributed by atoms with E-state index < -0.39 is 0 Å². The summed E-state index contributed by atoms with van der Waals surface area (Å²) in [6, 6.07) is 10.0. The van der Waals surface area contributed by atoms with E-state index >= 15 is 0 Å². The number of guanidine groups is 1. The van der Waals surface area contributed by atoms with Crippen molar-refractivity contribution in [2.45, 2.75) is 25.8 Å². The molecule has 0 aliphatic heterocycles. The van der Waals surface area contributed by atoms with E-state index in [0.717, 1.165) is 17.7 Å². The quantitative estimate of drug-likeness (QED) is 0.520. The zero-order valence-electron chi connectivity index (χ0n) is 11.6. The van der Waals surface area contributed by atoms with Crippen molar-refractivity contribution in [3.05, 3.63) is 58.4 Å². The lowest BCUT2D eigenvalue weighted by atomic mass is 10.1. The zero-order chi connectivity index (χ0) is 14.7. The third-order valence-corrected chi connectivity index (χ3v) is 3.82. The number of nitrogens with zero attached hydrogens (tertiary/aromatic N) is 2. The second-order valence-electron chi connectivity index (χ2n) is 5.15. The summed E-state index contributed by atoms with van der Waals surface area (Å²) in [5, 5.41) is 3.61. The Kier molecular flexibility index (Phi) is 4.06. The molecule has 0 fully saturated rings. The molecule has 0 radical (unpaired) electrons. The van der Waals surface area contributed by atoms with Gasteiger partial charge in [0.05, 0.1) is 6.54 Å². The van der Waals surface area contributed by atoms with Crippen LogP contribution in [0.15, 0.2) is 41.5 Å². The Balaban J connectivity index is 1.64. The third kappa shape index (κ3) is 3.52. The van der Waals surface area contributed by atoms with Crippen molar-refractivity contribution in [2.75, 3.05) is 5.32 Å². The van der Waals surface area contributed by atoms with Gasteiger partial charge in [0.1, 0.15) is 5.15 Å². The summed E-state index contributed by atoms with van der Waals surface area (Å²) in [6.07, 6.45) is 5.28. The Morgan fingerprint density at radius 2 is 2.10 bits per heavy atom. The predicted octanol–water partition coefficient (Wildman–Crippen LogP) is 3.15. The van der Waals surface area contributed by atoms with Crippen molar-refractivity contribution >= 4 is 23.2 Å². The topological polar surface area (TPSA) is 63.3 Å². The molecule has 1 aromatic heterocycles. The number of benzene rings is 1. The number of aliphatic imine (C=N–C) groups is 1. The molecule has 0 saturated heterocycles. The van der Waals surface area contributed by atoms with Gasteiger partial charge in [0.15, 0.2) is 5.96 Å². The van der Waals surface area contributed by atoms with Crippen LogP contribution in [0.1, 0.15) is 23.1 Å². The monoisotopic (exact) mass is 300 g/mol. The van der Waals surface area contributed by atoms with E-state index in [9.17, 15) is 0 Å². The molecule has 2 aromatic rings. The molecule has 5 heteroatoms. The summed E-state index contributed by atoms with van der Waals surface area (Å²) in [7, 11) is 0. The standard InChI is InChI=1S/C16H17ClN4/c17-15-7-4-11(9-19-15)10-20-16(18)21-14-6-5-12-2-1-3-13(12)8-14/h4-9H,1-3,10H2,(H3,18,20,21). The summed E-state index contributed by atoms with van der Waals surface area (Å²) >= 11 is 5.74. The van der Waals surface area contributed by atoms with E-state index in [1.54, 1.807) is 12.3 Å². The van der Waals surface area contributed by atoms with Crippen LogP contribution >= 0.6 is 11.6 Å². The molecule has 3 N–H and O–H groups in total. The van der Waals surface area contributed by atoms with E-state index in [1.807, 2.05) is 6.07 Å². The first-order valence-electron chi connectivity index (χ1n) is 7.00. The largest absolute Gasteiger partial charge is 0.370 e. The molecule has 1 heterocycles. The van der Waals surface area contributed by atoms with Gasteiger partial charge in [-0.3, -0.25) is 0 Å². The summed E-state index contributed by atoms with van der Waals surface area (Å²) in [5.41, 5.74) is 10.7. The minimum Gasteiger partial charge on any atom is -0.370 e. The highest BCUT2D eigenvalue weighted by molar-refractivity contribution is 6.29. The Morgan fingerprint density at radius 1 is 1.24 bits per heavy atom. The number of aryl methyl sites for hydroxylation is 2. The molecular weight excluding hydrogens is 284 g/mol. The Morgan fingerprint density at radius 3 is 2.90 bits per heavy atom. The number of nitrogens with one attached hydrogen (secondary N) is 1. The van der Waals surface area contributed by atoms with Crippen LogP contribution < -0.4 is 11.1 Å². The van der Waals surface area contributed by atoms with Gasteiger partial charge in [0.2, 0.25) is 0 Å². The van der Waals surface area contributed by atoms with Gasteiger partial charge in [-0.15, -0.1) is 0 Å². The first kappa shape index (κ1) is 13.9. The van der Waals surface area contributed by atoms with Crippen molar-refractivity contribution in [3.8, 4) is 0 Å².